The monoisotopic (exact) mass is 1480 g/mol. The predicted molar refractivity (Wildman–Crippen MR) is 396 cm³/mol. The van der Waals surface area contributed by atoms with E-state index in [9.17, 15) is 23.6 Å². The summed E-state index contributed by atoms with van der Waals surface area (Å²) in [6.45, 7) is 11.3. The molecule has 8 aromatic rings. The Hall–Kier alpha value is -7.97. The summed E-state index contributed by atoms with van der Waals surface area (Å²) < 4.78 is 39.3. The lowest BCUT2D eigenvalue weighted by Gasteiger charge is -2.38. The van der Waals surface area contributed by atoms with E-state index in [1.54, 1.807) is 83.5 Å². The third kappa shape index (κ3) is 20.8. The van der Waals surface area contributed by atoms with E-state index in [0.29, 0.717) is 109 Å². The van der Waals surface area contributed by atoms with Gasteiger partial charge in [-0.1, -0.05) is 180 Å². The number of hydrogen-bond acceptors (Lipinski definition) is 11. The fourth-order valence-corrected chi connectivity index (χ4v) is 13.8. The number of benzene rings is 8. The molecule has 1 aliphatic carbocycles. The van der Waals surface area contributed by atoms with Gasteiger partial charge in [-0.25, -0.2) is 18.4 Å². The number of anilines is 2. The Labute approximate surface area is 613 Å². The zero-order valence-electron chi connectivity index (χ0n) is 55.7. The van der Waals surface area contributed by atoms with E-state index in [1.807, 2.05) is 66.4 Å². The first-order valence-electron chi connectivity index (χ1n) is 33.1. The molecule has 0 radical (unpaired) electrons. The molecule has 4 amide bonds. The van der Waals surface area contributed by atoms with Gasteiger partial charge in [0, 0.05) is 126 Å². The quantitative estimate of drug-likeness (QED) is 0.0552. The maximum Gasteiger partial charge on any atom is 0.410 e. The van der Waals surface area contributed by atoms with Crippen LogP contribution >= 0.6 is 69.6 Å². The van der Waals surface area contributed by atoms with Gasteiger partial charge < -0.3 is 50.3 Å². The number of alkyl carbamates (subject to hydrolysis) is 1. The zero-order chi connectivity index (χ0) is 71.4. The Kier molecular flexibility index (Phi) is 28.3. The summed E-state index contributed by atoms with van der Waals surface area (Å²) in [6.07, 6.45) is 0.689. The van der Waals surface area contributed by atoms with Gasteiger partial charge >= 0.3 is 16.9 Å². The number of hydrogen-bond donors (Lipinski definition) is 3. The Bertz CT molecular complexity index is 4070. The Morgan fingerprint density at radius 2 is 0.990 bits per heavy atom. The van der Waals surface area contributed by atoms with E-state index >= 15 is 4.39 Å². The number of rotatable bonds is 22. The molecule has 526 valence electrons. The highest BCUT2D eigenvalue weighted by Crippen LogP contribution is 2.45. The highest BCUT2D eigenvalue weighted by Gasteiger charge is 2.34. The molecule has 0 bridgehead atoms. The molecule has 15 nitrogen and oxygen atoms in total. The normalized spacial score (nSPS) is 14.6. The molecule has 0 saturated carbocycles. The fourth-order valence-electron chi connectivity index (χ4n) is 12.9. The van der Waals surface area contributed by atoms with Crippen LogP contribution in [-0.4, -0.2) is 133 Å². The van der Waals surface area contributed by atoms with E-state index in [-0.39, 0.29) is 67.6 Å². The van der Waals surface area contributed by atoms with Crippen LogP contribution in [0.25, 0.3) is 11.1 Å². The molecule has 100 heavy (non-hydrogen) atoms. The number of carbonyl (C=O) groups excluding carboxylic acids is 5. The van der Waals surface area contributed by atoms with Crippen LogP contribution in [0, 0.1) is 11.6 Å². The first-order chi connectivity index (χ1) is 48.1. The molecule has 4 atom stereocenters. The number of halogens is 8. The van der Waals surface area contributed by atoms with Crippen molar-refractivity contribution in [1.29, 1.82) is 0 Å². The van der Waals surface area contributed by atoms with Gasteiger partial charge in [-0.15, -0.1) is 0 Å². The van der Waals surface area contributed by atoms with E-state index in [2.05, 4.69) is 99.1 Å². The Morgan fingerprint density at radius 3 is 1.50 bits per heavy atom. The SMILES string of the molecule is CC(Cc1ccccc1N1CCN(C(=O)[C@H](N)Cc2ccc(Cl)cc2Cl)CC1)N(Cc1ccccc1F)C(=O)OCC1c2ccccc2-c2ccccc21.CCOC(=O)N[C@H](Cc1ccc(Cl)cc1Cl)C(=O)N1CCN(c2ccccc2CC(C)NCc2ccccc2F)CC1.O=C(Cl)Cl. The topological polar surface area (TPSA) is 170 Å². The highest BCUT2D eigenvalue weighted by molar-refractivity contribution is 6.93. The summed E-state index contributed by atoms with van der Waals surface area (Å²) in [7, 11) is 0. The van der Waals surface area contributed by atoms with Crippen LogP contribution in [0.4, 0.5) is 34.5 Å². The van der Waals surface area contributed by atoms with E-state index < -0.39 is 29.0 Å². The van der Waals surface area contributed by atoms with Gasteiger partial charge in [-0.2, -0.15) is 0 Å². The molecule has 3 aliphatic rings. The first kappa shape index (κ1) is 76.2. The molecule has 0 aromatic heterocycles. The Balaban J connectivity index is 0.000000228. The van der Waals surface area contributed by atoms with Crippen LogP contribution in [0.5, 0.6) is 0 Å². The molecular formula is C77H80Cl6F2N8O7. The van der Waals surface area contributed by atoms with Crippen LogP contribution in [0.2, 0.25) is 20.1 Å². The van der Waals surface area contributed by atoms with Crippen molar-refractivity contribution in [3.63, 3.8) is 0 Å². The second kappa shape index (κ2) is 37.1. The van der Waals surface area contributed by atoms with Gasteiger partial charge in [0.15, 0.2) is 0 Å². The number of fused-ring (bicyclic) bond motifs is 3. The number of piperazine rings is 2. The lowest BCUT2D eigenvalue weighted by molar-refractivity contribution is -0.134. The van der Waals surface area contributed by atoms with Crippen LogP contribution in [0.15, 0.2) is 182 Å². The minimum absolute atomic E-state index is 0.0644. The molecule has 2 aliphatic heterocycles. The van der Waals surface area contributed by atoms with Crippen molar-refractivity contribution in [1.82, 2.24) is 25.3 Å². The zero-order valence-corrected chi connectivity index (χ0v) is 60.3. The number of nitrogens with one attached hydrogen (secondary N) is 2. The van der Waals surface area contributed by atoms with Crippen molar-refractivity contribution in [3.05, 3.63) is 258 Å². The van der Waals surface area contributed by atoms with Gasteiger partial charge in [0.2, 0.25) is 11.8 Å². The van der Waals surface area contributed by atoms with Gasteiger partial charge in [0.05, 0.1) is 19.2 Å². The molecule has 0 spiro atoms. The molecule has 4 N–H and O–H groups in total. The van der Waals surface area contributed by atoms with Gasteiger partial charge in [0.25, 0.3) is 0 Å². The van der Waals surface area contributed by atoms with Crippen LogP contribution in [0.3, 0.4) is 0 Å². The molecule has 2 saturated heterocycles. The second-order valence-corrected chi connectivity index (χ2v) is 27.2. The summed E-state index contributed by atoms with van der Waals surface area (Å²) in [4.78, 5) is 72.1. The maximum absolute atomic E-state index is 15.0. The minimum atomic E-state index is -0.889. The number of carbonyl (C=O) groups is 5. The average molecular weight is 1480 g/mol. The number of nitrogens with two attached hydrogens (primary N) is 1. The lowest BCUT2D eigenvalue weighted by atomic mass is 9.98. The van der Waals surface area contributed by atoms with Crippen molar-refractivity contribution in [2.75, 3.05) is 75.4 Å². The number of para-hydroxylation sites is 2. The number of amides is 4. The van der Waals surface area contributed by atoms with Crippen molar-refractivity contribution in [3.8, 4) is 11.1 Å². The van der Waals surface area contributed by atoms with Gasteiger partial charge in [-0.3, -0.25) is 14.4 Å². The van der Waals surface area contributed by atoms with Crippen LogP contribution < -0.4 is 26.2 Å². The predicted octanol–water partition coefficient (Wildman–Crippen LogP) is 16.2. The van der Waals surface area contributed by atoms with Crippen molar-refractivity contribution in [2.45, 2.75) is 89.6 Å². The summed E-state index contributed by atoms with van der Waals surface area (Å²) >= 11 is 33.6. The molecule has 23 heteroatoms. The van der Waals surface area contributed by atoms with E-state index in [4.69, 9.17) is 66.4 Å². The standard InChI is InChI=1S/C44H43Cl2FN4O3.C32H37Cl2FN4O3.CCl2O/c1-29(24-31-10-3-9-17-42(31)49-20-22-50(23-21-49)43(52)41(48)25-30-18-19-33(45)26-39(30)46)51(27-32-11-2-8-16-40(32)47)44(53)54-28-38-36-14-6-4-12-34(36)35-13-5-7-15-37(35)38;1-3-42-32(41)37-29(19-23-12-13-26(33)20-27(23)34)31(40)39-16-14-38(15-17-39)30-11-7-5-8-24(30)18-22(2)36-21-25-9-4-6-10-28(25)35;2-1(3)4/h2-19,26,29,38,41H,20-25,27-28,48H2,1H3;4-13,20,22,29,36H,3,14-19,21H2,1-2H3,(H,37,41);/t29?,41-;22?,29-;/m11./s1. The van der Waals surface area contributed by atoms with Crippen LogP contribution in [-0.2, 0) is 57.8 Å². The summed E-state index contributed by atoms with van der Waals surface area (Å²) in [5.74, 6) is -0.976. The highest BCUT2D eigenvalue weighted by atomic mass is 35.5. The molecule has 2 fully saturated rings. The molecular weight excluding hydrogens is 1400 g/mol. The largest absolute Gasteiger partial charge is 0.450 e. The number of ether oxygens (including phenoxy) is 2. The van der Waals surface area contributed by atoms with Gasteiger partial charge in [0.1, 0.15) is 24.3 Å². The molecule has 11 rings (SSSR count). The summed E-state index contributed by atoms with van der Waals surface area (Å²) in [6, 6.07) is 54.7. The van der Waals surface area contributed by atoms with Crippen molar-refractivity contribution in [2.24, 2.45) is 5.73 Å². The first-order valence-corrected chi connectivity index (χ1v) is 35.4. The average Bonchev–Trinajstić information content (AvgIpc) is 1.61. The smallest absolute Gasteiger partial charge is 0.410 e. The van der Waals surface area contributed by atoms with Crippen molar-refractivity contribution >= 4 is 110 Å². The van der Waals surface area contributed by atoms with Gasteiger partial charge in [-0.05, 0) is 156 Å². The Morgan fingerprint density at radius 1 is 0.540 bits per heavy atom. The van der Waals surface area contributed by atoms with Crippen LogP contribution in [0.1, 0.15) is 71.2 Å². The second-order valence-electron chi connectivity index (χ2n) is 24.7. The molecule has 8 aromatic carbocycles. The molecule has 2 heterocycles. The number of nitrogens with zero attached hydrogens (tertiary/aromatic N) is 5. The fraction of sp³-hybridized carbons (Fsp3) is 0.312. The lowest BCUT2D eigenvalue weighted by Crippen LogP contribution is -2.55. The molecule has 2 unspecified atom stereocenters. The third-order valence-corrected chi connectivity index (χ3v) is 19.1. The van der Waals surface area contributed by atoms with E-state index in [1.165, 1.54) is 17.7 Å². The summed E-state index contributed by atoms with van der Waals surface area (Å²) in [5.41, 5.74) is 17.9. The van der Waals surface area contributed by atoms with Crippen molar-refractivity contribution < 1.29 is 42.2 Å². The minimum Gasteiger partial charge on any atom is -0.450 e. The maximum atomic E-state index is 15.0. The van der Waals surface area contributed by atoms with E-state index in [0.717, 1.165) is 51.2 Å². The third-order valence-electron chi connectivity index (χ3n) is 18.0. The summed E-state index contributed by atoms with van der Waals surface area (Å²) in [5, 5.41) is 8.11.